The van der Waals surface area contributed by atoms with Gasteiger partial charge in [0.25, 0.3) is 5.91 Å². The Hall–Kier alpha value is -3.39. The van der Waals surface area contributed by atoms with Gasteiger partial charge in [-0.05, 0) is 43.7 Å². The molecular formula is C24H27N3O5. The Morgan fingerprint density at radius 3 is 2.56 bits per heavy atom. The zero-order chi connectivity index (χ0) is 22.7. The summed E-state index contributed by atoms with van der Waals surface area (Å²) in [5.41, 5.74) is 1.65. The standard InChI is InChI=1S/C24H27N3O5/c1-3-27(18-6-7-19-17(2)15-23(29)32-21(19)16-18)22(28)8-9-25-10-12-26(13-11-25)24(30)20-5-4-14-31-20/h4-7,14-16H,3,8-13H2,1-2H3. The maximum atomic E-state index is 12.9. The Labute approximate surface area is 186 Å². The van der Waals surface area contributed by atoms with Crippen molar-refractivity contribution in [2.24, 2.45) is 0 Å². The van der Waals surface area contributed by atoms with Crippen molar-refractivity contribution in [3.8, 4) is 0 Å². The van der Waals surface area contributed by atoms with Crippen LogP contribution < -0.4 is 10.5 Å². The zero-order valence-corrected chi connectivity index (χ0v) is 18.4. The van der Waals surface area contributed by atoms with Gasteiger partial charge in [-0.25, -0.2) is 4.79 Å². The molecule has 0 aliphatic carbocycles. The van der Waals surface area contributed by atoms with E-state index in [1.165, 1.54) is 12.3 Å². The normalized spacial score (nSPS) is 14.6. The number of carbonyl (C=O) groups excluding carboxylic acids is 2. The minimum atomic E-state index is -0.397. The van der Waals surface area contributed by atoms with E-state index in [1.807, 2.05) is 26.0 Å². The molecule has 0 atom stereocenters. The quantitative estimate of drug-likeness (QED) is 0.551. The lowest BCUT2D eigenvalue weighted by Crippen LogP contribution is -2.49. The van der Waals surface area contributed by atoms with Gasteiger partial charge in [0, 0.05) is 68.9 Å². The van der Waals surface area contributed by atoms with E-state index in [0.717, 1.165) is 10.9 Å². The third-order valence-electron chi connectivity index (χ3n) is 5.90. The lowest BCUT2D eigenvalue weighted by atomic mass is 10.1. The summed E-state index contributed by atoms with van der Waals surface area (Å²) in [5.74, 6) is 0.269. The highest BCUT2D eigenvalue weighted by atomic mass is 16.4. The Bertz CT molecular complexity index is 1160. The van der Waals surface area contributed by atoms with Crippen molar-refractivity contribution in [2.45, 2.75) is 20.3 Å². The maximum Gasteiger partial charge on any atom is 0.336 e. The molecule has 1 fully saturated rings. The van der Waals surface area contributed by atoms with Crippen LogP contribution in [0.5, 0.6) is 0 Å². The molecule has 8 nitrogen and oxygen atoms in total. The summed E-state index contributed by atoms with van der Waals surface area (Å²) in [5, 5.41) is 0.860. The Kier molecular flexibility index (Phi) is 6.41. The van der Waals surface area contributed by atoms with Crippen LogP contribution in [0.2, 0.25) is 0 Å². The highest BCUT2D eigenvalue weighted by Crippen LogP contribution is 2.24. The van der Waals surface area contributed by atoms with E-state index in [2.05, 4.69) is 4.90 Å². The number of hydrogen-bond acceptors (Lipinski definition) is 6. The van der Waals surface area contributed by atoms with Gasteiger partial charge in [0.15, 0.2) is 5.76 Å². The first kappa shape index (κ1) is 21.8. The number of rotatable bonds is 6. The van der Waals surface area contributed by atoms with E-state index in [9.17, 15) is 14.4 Å². The lowest BCUT2D eigenvalue weighted by Gasteiger charge is -2.34. The molecule has 32 heavy (non-hydrogen) atoms. The van der Waals surface area contributed by atoms with Gasteiger partial charge in [0.05, 0.1) is 6.26 Å². The first-order valence-corrected chi connectivity index (χ1v) is 10.9. The number of benzene rings is 1. The van der Waals surface area contributed by atoms with Crippen molar-refractivity contribution in [1.82, 2.24) is 9.80 Å². The van der Waals surface area contributed by atoms with Gasteiger partial charge in [0.2, 0.25) is 5.91 Å². The summed E-state index contributed by atoms with van der Waals surface area (Å²) in [4.78, 5) is 42.7. The van der Waals surface area contributed by atoms with Crippen LogP contribution in [0.25, 0.3) is 11.0 Å². The van der Waals surface area contributed by atoms with Crippen LogP contribution in [-0.2, 0) is 4.79 Å². The number of aryl methyl sites for hydroxylation is 1. The average molecular weight is 437 g/mol. The fourth-order valence-electron chi connectivity index (χ4n) is 4.10. The summed E-state index contributed by atoms with van der Waals surface area (Å²) in [7, 11) is 0. The third kappa shape index (κ3) is 4.60. The van der Waals surface area contributed by atoms with Crippen LogP contribution in [0.1, 0.15) is 29.5 Å². The van der Waals surface area contributed by atoms with Crippen molar-refractivity contribution in [2.75, 3.05) is 44.2 Å². The number of piperazine rings is 1. The fraction of sp³-hybridized carbons (Fsp3) is 0.375. The van der Waals surface area contributed by atoms with Crippen LogP contribution >= 0.6 is 0 Å². The second kappa shape index (κ2) is 9.40. The van der Waals surface area contributed by atoms with E-state index in [1.54, 1.807) is 28.0 Å². The van der Waals surface area contributed by atoms with E-state index in [-0.39, 0.29) is 11.8 Å². The first-order valence-electron chi connectivity index (χ1n) is 10.9. The highest BCUT2D eigenvalue weighted by molar-refractivity contribution is 5.96. The van der Waals surface area contributed by atoms with E-state index < -0.39 is 5.63 Å². The van der Waals surface area contributed by atoms with Gasteiger partial charge in [0.1, 0.15) is 5.58 Å². The van der Waals surface area contributed by atoms with Crippen molar-refractivity contribution in [3.05, 3.63) is 64.4 Å². The van der Waals surface area contributed by atoms with Crippen molar-refractivity contribution in [3.63, 3.8) is 0 Å². The number of carbonyl (C=O) groups is 2. The molecular weight excluding hydrogens is 410 g/mol. The maximum absolute atomic E-state index is 12.9. The van der Waals surface area contributed by atoms with E-state index in [4.69, 9.17) is 8.83 Å². The summed E-state index contributed by atoms with van der Waals surface area (Å²) >= 11 is 0. The molecule has 0 saturated carbocycles. The topological polar surface area (TPSA) is 87.2 Å². The predicted octanol–water partition coefficient (Wildman–Crippen LogP) is 2.90. The van der Waals surface area contributed by atoms with Gasteiger partial charge < -0.3 is 18.6 Å². The molecule has 0 bridgehead atoms. The van der Waals surface area contributed by atoms with Crippen LogP contribution in [0.3, 0.4) is 0 Å². The van der Waals surface area contributed by atoms with Crippen molar-refractivity contribution >= 4 is 28.5 Å². The molecule has 168 valence electrons. The fourth-order valence-corrected chi connectivity index (χ4v) is 4.10. The predicted molar refractivity (Wildman–Crippen MR) is 121 cm³/mol. The van der Waals surface area contributed by atoms with Crippen LogP contribution in [0, 0.1) is 6.92 Å². The number of hydrogen-bond donors (Lipinski definition) is 0. The van der Waals surface area contributed by atoms with Crippen molar-refractivity contribution in [1.29, 1.82) is 0 Å². The highest BCUT2D eigenvalue weighted by Gasteiger charge is 2.24. The number of anilines is 1. The number of nitrogens with zero attached hydrogens (tertiary/aromatic N) is 3. The minimum Gasteiger partial charge on any atom is -0.459 e. The largest absolute Gasteiger partial charge is 0.459 e. The summed E-state index contributed by atoms with van der Waals surface area (Å²) in [6.45, 7) is 7.57. The smallest absolute Gasteiger partial charge is 0.336 e. The Morgan fingerprint density at radius 1 is 1.09 bits per heavy atom. The second-order valence-corrected chi connectivity index (χ2v) is 7.93. The number of fused-ring (bicyclic) bond motifs is 1. The molecule has 3 heterocycles. The Morgan fingerprint density at radius 2 is 1.88 bits per heavy atom. The minimum absolute atomic E-state index is 0.0101. The number of amides is 2. The molecule has 1 saturated heterocycles. The molecule has 1 aromatic carbocycles. The van der Waals surface area contributed by atoms with E-state index in [0.29, 0.717) is 62.7 Å². The van der Waals surface area contributed by atoms with E-state index >= 15 is 0 Å². The monoisotopic (exact) mass is 437 g/mol. The van der Waals surface area contributed by atoms with Gasteiger partial charge in [-0.1, -0.05) is 0 Å². The van der Waals surface area contributed by atoms with Crippen LogP contribution in [0.4, 0.5) is 5.69 Å². The molecule has 2 amide bonds. The van der Waals surface area contributed by atoms with Gasteiger partial charge in [-0.3, -0.25) is 14.5 Å². The third-order valence-corrected chi connectivity index (χ3v) is 5.90. The van der Waals surface area contributed by atoms with Crippen molar-refractivity contribution < 1.29 is 18.4 Å². The molecule has 0 unspecified atom stereocenters. The van der Waals surface area contributed by atoms with Gasteiger partial charge >= 0.3 is 5.63 Å². The molecule has 8 heteroatoms. The first-order chi connectivity index (χ1) is 15.5. The summed E-state index contributed by atoms with van der Waals surface area (Å²) < 4.78 is 10.5. The summed E-state index contributed by atoms with van der Waals surface area (Å²) in [6, 6.07) is 10.4. The molecule has 4 rings (SSSR count). The molecule has 1 aliphatic heterocycles. The zero-order valence-electron chi connectivity index (χ0n) is 18.4. The molecule has 3 aromatic rings. The molecule has 1 aliphatic rings. The summed E-state index contributed by atoms with van der Waals surface area (Å²) in [6.07, 6.45) is 1.87. The Balaban J connectivity index is 1.35. The van der Waals surface area contributed by atoms with Crippen LogP contribution in [-0.4, -0.2) is 60.9 Å². The molecule has 0 N–H and O–H groups in total. The number of furan rings is 1. The molecule has 0 radical (unpaired) electrons. The van der Waals surface area contributed by atoms with Crippen LogP contribution in [0.15, 0.2) is 56.3 Å². The SMILES string of the molecule is CCN(C(=O)CCN1CCN(C(=O)c2ccco2)CC1)c1ccc2c(C)cc(=O)oc2c1. The van der Waals surface area contributed by atoms with Gasteiger partial charge in [-0.15, -0.1) is 0 Å². The second-order valence-electron chi connectivity index (χ2n) is 7.93. The lowest BCUT2D eigenvalue weighted by molar-refractivity contribution is -0.119. The molecule has 2 aromatic heterocycles. The molecule has 0 spiro atoms. The van der Waals surface area contributed by atoms with Gasteiger partial charge in [-0.2, -0.15) is 0 Å². The average Bonchev–Trinajstić information content (AvgIpc) is 3.33.